The van der Waals surface area contributed by atoms with E-state index in [1.54, 1.807) is 0 Å². The SMILES string of the molecule is CCOC(=O)C(C)CN1CCC(C(C)C)C1. The standard InChI is InChI=1S/C13H25NO2/c1-5-16-13(15)11(4)8-14-7-6-12(9-14)10(2)3/h10-12H,5-9H2,1-4H3. The number of rotatable bonds is 5. The predicted octanol–water partition coefficient (Wildman–Crippen LogP) is 2.16. The van der Waals surface area contributed by atoms with E-state index in [1.165, 1.54) is 6.42 Å². The largest absolute Gasteiger partial charge is 0.466 e. The van der Waals surface area contributed by atoms with Gasteiger partial charge in [-0.15, -0.1) is 0 Å². The number of ether oxygens (including phenoxy) is 1. The molecule has 1 rings (SSSR count). The highest BCUT2D eigenvalue weighted by atomic mass is 16.5. The molecular formula is C13H25NO2. The molecule has 2 unspecified atom stereocenters. The molecule has 1 heterocycles. The minimum absolute atomic E-state index is 0.00543. The van der Waals surface area contributed by atoms with E-state index in [9.17, 15) is 4.79 Å². The smallest absolute Gasteiger partial charge is 0.309 e. The van der Waals surface area contributed by atoms with Gasteiger partial charge in [0.15, 0.2) is 0 Å². The Morgan fingerprint density at radius 3 is 2.62 bits per heavy atom. The lowest BCUT2D eigenvalue weighted by atomic mass is 9.95. The van der Waals surface area contributed by atoms with Crippen molar-refractivity contribution in [2.24, 2.45) is 17.8 Å². The Kier molecular flexibility index (Phi) is 5.26. The number of hydrogen-bond acceptors (Lipinski definition) is 3. The molecule has 1 aliphatic heterocycles. The lowest BCUT2D eigenvalue weighted by Gasteiger charge is -2.20. The van der Waals surface area contributed by atoms with Crippen LogP contribution in [-0.4, -0.2) is 37.1 Å². The van der Waals surface area contributed by atoms with Gasteiger partial charge in [-0.3, -0.25) is 4.79 Å². The maximum atomic E-state index is 11.5. The normalized spacial score (nSPS) is 23.7. The minimum atomic E-state index is -0.0597. The van der Waals surface area contributed by atoms with Crippen LogP contribution in [-0.2, 0) is 9.53 Å². The highest BCUT2D eigenvalue weighted by Gasteiger charge is 2.27. The molecule has 0 N–H and O–H groups in total. The summed E-state index contributed by atoms with van der Waals surface area (Å²) < 4.78 is 5.02. The molecule has 3 nitrogen and oxygen atoms in total. The van der Waals surface area contributed by atoms with E-state index < -0.39 is 0 Å². The fourth-order valence-corrected chi connectivity index (χ4v) is 2.32. The molecule has 0 aliphatic carbocycles. The van der Waals surface area contributed by atoms with Crippen LogP contribution in [0.2, 0.25) is 0 Å². The molecule has 0 radical (unpaired) electrons. The number of nitrogens with zero attached hydrogens (tertiary/aromatic N) is 1. The number of esters is 1. The van der Waals surface area contributed by atoms with E-state index in [2.05, 4.69) is 18.7 Å². The Morgan fingerprint density at radius 2 is 2.12 bits per heavy atom. The van der Waals surface area contributed by atoms with E-state index in [0.29, 0.717) is 6.61 Å². The van der Waals surface area contributed by atoms with Crippen LogP contribution in [0.3, 0.4) is 0 Å². The summed E-state index contributed by atoms with van der Waals surface area (Å²) in [5.74, 6) is 1.50. The molecule has 0 spiro atoms. The van der Waals surface area contributed by atoms with Crippen molar-refractivity contribution in [1.29, 1.82) is 0 Å². The zero-order valence-electron chi connectivity index (χ0n) is 11.0. The molecule has 1 saturated heterocycles. The first-order chi connectivity index (χ1) is 7.54. The summed E-state index contributed by atoms with van der Waals surface area (Å²) in [5, 5.41) is 0. The molecular weight excluding hydrogens is 202 g/mol. The molecule has 0 aromatic heterocycles. The molecule has 0 saturated carbocycles. The lowest BCUT2D eigenvalue weighted by Crippen LogP contribution is -2.31. The second-order valence-electron chi connectivity index (χ2n) is 5.21. The lowest BCUT2D eigenvalue weighted by molar-refractivity contribution is -0.147. The summed E-state index contributed by atoms with van der Waals surface area (Å²) in [6, 6.07) is 0. The number of carbonyl (C=O) groups is 1. The molecule has 0 amide bonds. The van der Waals surface area contributed by atoms with Gasteiger partial charge < -0.3 is 9.64 Å². The molecule has 0 aromatic rings. The summed E-state index contributed by atoms with van der Waals surface area (Å²) in [4.78, 5) is 13.9. The van der Waals surface area contributed by atoms with Crippen LogP contribution in [0.4, 0.5) is 0 Å². The van der Waals surface area contributed by atoms with Crippen molar-refractivity contribution in [3.63, 3.8) is 0 Å². The van der Waals surface area contributed by atoms with Gasteiger partial charge in [0.05, 0.1) is 12.5 Å². The molecule has 16 heavy (non-hydrogen) atoms. The molecule has 94 valence electrons. The Morgan fingerprint density at radius 1 is 1.44 bits per heavy atom. The van der Waals surface area contributed by atoms with Crippen LogP contribution in [0.15, 0.2) is 0 Å². The zero-order valence-corrected chi connectivity index (χ0v) is 11.0. The van der Waals surface area contributed by atoms with E-state index in [1.807, 2.05) is 13.8 Å². The number of likely N-dealkylation sites (tertiary alicyclic amines) is 1. The van der Waals surface area contributed by atoms with Crippen LogP contribution in [0.5, 0.6) is 0 Å². The summed E-state index contributed by atoms with van der Waals surface area (Å²) >= 11 is 0. The third-order valence-corrected chi connectivity index (χ3v) is 3.47. The van der Waals surface area contributed by atoms with Gasteiger partial charge in [0.2, 0.25) is 0 Å². The second kappa shape index (κ2) is 6.24. The highest BCUT2D eigenvalue weighted by molar-refractivity contribution is 5.72. The summed E-state index contributed by atoms with van der Waals surface area (Å²) in [6.45, 7) is 12.0. The van der Waals surface area contributed by atoms with Crippen molar-refractivity contribution >= 4 is 5.97 Å². The van der Waals surface area contributed by atoms with Gasteiger partial charge in [-0.05, 0) is 31.7 Å². The van der Waals surface area contributed by atoms with Crippen molar-refractivity contribution in [3.05, 3.63) is 0 Å². The van der Waals surface area contributed by atoms with Crippen LogP contribution in [0, 0.1) is 17.8 Å². The van der Waals surface area contributed by atoms with Gasteiger partial charge in [0.1, 0.15) is 0 Å². The molecule has 3 heteroatoms. The fraction of sp³-hybridized carbons (Fsp3) is 0.923. The van der Waals surface area contributed by atoms with Gasteiger partial charge in [0, 0.05) is 13.1 Å². The first-order valence-electron chi connectivity index (χ1n) is 6.43. The first-order valence-corrected chi connectivity index (χ1v) is 6.43. The Labute approximate surface area is 99.1 Å². The summed E-state index contributed by atoms with van der Waals surface area (Å²) in [5.41, 5.74) is 0. The second-order valence-corrected chi connectivity index (χ2v) is 5.21. The molecule has 1 aliphatic rings. The average molecular weight is 227 g/mol. The Bertz CT molecular complexity index is 228. The highest BCUT2D eigenvalue weighted by Crippen LogP contribution is 2.24. The fourth-order valence-electron chi connectivity index (χ4n) is 2.32. The molecule has 1 fully saturated rings. The van der Waals surface area contributed by atoms with Crippen molar-refractivity contribution in [2.75, 3.05) is 26.2 Å². The molecule has 0 bridgehead atoms. The maximum Gasteiger partial charge on any atom is 0.309 e. The van der Waals surface area contributed by atoms with Gasteiger partial charge in [0.25, 0.3) is 0 Å². The van der Waals surface area contributed by atoms with Gasteiger partial charge in [-0.25, -0.2) is 0 Å². The van der Waals surface area contributed by atoms with Crippen LogP contribution in [0.1, 0.15) is 34.1 Å². The van der Waals surface area contributed by atoms with E-state index in [0.717, 1.165) is 31.5 Å². The number of carbonyl (C=O) groups excluding carboxylic acids is 1. The average Bonchev–Trinajstić information content (AvgIpc) is 2.66. The molecule has 2 atom stereocenters. The van der Waals surface area contributed by atoms with Gasteiger partial charge in [-0.2, -0.15) is 0 Å². The summed E-state index contributed by atoms with van der Waals surface area (Å²) in [6.07, 6.45) is 1.27. The minimum Gasteiger partial charge on any atom is -0.466 e. The van der Waals surface area contributed by atoms with Crippen molar-refractivity contribution in [3.8, 4) is 0 Å². The molecule has 0 aromatic carbocycles. The Balaban J connectivity index is 2.31. The van der Waals surface area contributed by atoms with E-state index >= 15 is 0 Å². The van der Waals surface area contributed by atoms with E-state index in [-0.39, 0.29) is 11.9 Å². The van der Waals surface area contributed by atoms with E-state index in [4.69, 9.17) is 4.74 Å². The van der Waals surface area contributed by atoms with Crippen LogP contribution in [0.25, 0.3) is 0 Å². The quantitative estimate of drug-likeness (QED) is 0.674. The van der Waals surface area contributed by atoms with Gasteiger partial charge in [-0.1, -0.05) is 20.8 Å². The van der Waals surface area contributed by atoms with Crippen LogP contribution >= 0.6 is 0 Å². The predicted molar refractivity (Wildman–Crippen MR) is 65.2 cm³/mol. The summed E-state index contributed by atoms with van der Waals surface area (Å²) in [7, 11) is 0. The topological polar surface area (TPSA) is 29.5 Å². The maximum absolute atomic E-state index is 11.5. The van der Waals surface area contributed by atoms with Crippen LogP contribution < -0.4 is 0 Å². The Hall–Kier alpha value is -0.570. The van der Waals surface area contributed by atoms with Crippen molar-refractivity contribution < 1.29 is 9.53 Å². The third kappa shape index (κ3) is 3.78. The number of hydrogen-bond donors (Lipinski definition) is 0. The van der Waals surface area contributed by atoms with Crippen molar-refractivity contribution in [2.45, 2.75) is 34.1 Å². The third-order valence-electron chi connectivity index (χ3n) is 3.47. The van der Waals surface area contributed by atoms with Gasteiger partial charge >= 0.3 is 5.97 Å². The van der Waals surface area contributed by atoms with Crippen molar-refractivity contribution in [1.82, 2.24) is 4.90 Å². The zero-order chi connectivity index (χ0) is 12.1. The first kappa shape index (κ1) is 13.5. The monoisotopic (exact) mass is 227 g/mol.